The van der Waals surface area contributed by atoms with Crippen molar-refractivity contribution in [3.63, 3.8) is 0 Å². The highest BCUT2D eigenvalue weighted by atomic mass is 16.5. The lowest BCUT2D eigenvalue weighted by Crippen LogP contribution is -2.45. The minimum Gasteiger partial charge on any atom is -0.385 e. The summed E-state index contributed by atoms with van der Waals surface area (Å²) in [5.74, 6) is -0.584. The highest BCUT2D eigenvalue weighted by molar-refractivity contribution is 6.05. The maximum absolute atomic E-state index is 13.0. The van der Waals surface area contributed by atoms with Gasteiger partial charge in [-0.1, -0.05) is 24.3 Å². The zero-order chi connectivity index (χ0) is 22.1. The second-order valence-corrected chi connectivity index (χ2v) is 7.63. The fourth-order valence-corrected chi connectivity index (χ4v) is 3.65. The first-order valence-corrected chi connectivity index (χ1v) is 10.6. The molecule has 0 radical (unpaired) electrons. The van der Waals surface area contributed by atoms with Crippen LogP contribution in [0.4, 0.5) is 5.69 Å². The fourth-order valence-electron chi connectivity index (χ4n) is 3.65. The third-order valence-electron chi connectivity index (χ3n) is 5.31. The Kier molecular flexibility index (Phi) is 8.18. The number of nitrogens with one attached hydrogen (secondary N) is 2. The molecule has 0 saturated carbocycles. The molecule has 0 spiro atoms. The fraction of sp³-hybridized carbons (Fsp3) is 0.375. The van der Waals surface area contributed by atoms with Crippen LogP contribution in [0.5, 0.6) is 0 Å². The van der Waals surface area contributed by atoms with Gasteiger partial charge in [-0.05, 0) is 49.6 Å². The second kappa shape index (κ2) is 11.3. The minimum atomic E-state index is -0.228. The Hall–Kier alpha value is -3.19. The van der Waals surface area contributed by atoms with Crippen LogP contribution < -0.4 is 10.6 Å². The van der Waals surface area contributed by atoms with Crippen LogP contribution in [-0.2, 0) is 9.53 Å². The van der Waals surface area contributed by atoms with Gasteiger partial charge in [-0.2, -0.15) is 0 Å². The van der Waals surface area contributed by atoms with Gasteiger partial charge in [0.15, 0.2) is 0 Å². The Labute approximate surface area is 182 Å². The highest BCUT2D eigenvalue weighted by Crippen LogP contribution is 2.20. The number of amides is 3. The Morgan fingerprint density at radius 1 is 1.06 bits per heavy atom. The molecular weight excluding hydrogens is 394 g/mol. The van der Waals surface area contributed by atoms with Crippen LogP contribution in [0.25, 0.3) is 0 Å². The number of carbonyl (C=O) groups excluding carboxylic acids is 3. The predicted octanol–water partition coefficient (Wildman–Crippen LogP) is 2.94. The lowest BCUT2D eigenvalue weighted by Gasteiger charge is -2.32. The van der Waals surface area contributed by atoms with E-state index in [1.165, 1.54) is 0 Å². The quantitative estimate of drug-likeness (QED) is 0.639. The molecule has 164 valence electrons. The van der Waals surface area contributed by atoms with Crippen LogP contribution in [0.15, 0.2) is 54.6 Å². The largest absolute Gasteiger partial charge is 0.385 e. The number of hydrogen-bond acceptors (Lipinski definition) is 4. The Morgan fingerprint density at radius 3 is 2.61 bits per heavy atom. The van der Waals surface area contributed by atoms with Crippen molar-refractivity contribution in [2.24, 2.45) is 5.92 Å². The maximum Gasteiger partial charge on any atom is 0.255 e. The predicted molar refractivity (Wildman–Crippen MR) is 119 cm³/mol. The van der Waals surface area contributed by atoms with Crippen LogP contribution in [0.2, 0.25) is 0 Å². The first-order valence-electron chi connectivity index (χ1n) is 10.6. The number of hydrogen-bond donors (Lipinski definition) is 2. The summed E-state index contributed by atoms with van der Waals surface area (Å²) in [6.07, 6.45) is 2.32. The molecule has 1 heterocycles. The van der Waals surface area contributed by atoms with E-state index in [-0.39, 0.29) is 23.6 Å². The van der Waals surface area contributed by atoms with Crippen molar-refractivity contribution in [1.29, 1.82) is 0 Å². The topological polar surface area (TPSA) is 87.7 Å². The van der Waals surface area contributed by atoms with Gasteiger partial charge >= 0.3 is 0 Å². The molecule has 1 atom stereocenters. The summed E-state index contributed by atoms with van der Waals surface area (Å²) in [6, 6.07) is 15.8. The average molecular weight is 424 g/mol. The van der Waals surface area contributed by atoms with Gasteiger partial charge in [0, 0.05) is 50.2 Å². The Morgan fingerprint density at radius 2 is 1.84 bits per heavy atom. The highest BCUT2D eigenvalue weighted by Gasteiger charge is 2.28. The van der Waals surface area contributed by atoms with Crippen LogP contribution in [-0.4, -0.2) is 56.0 Å². The van der Waals surface area contributed by atoms with E-state index in [1.54, 1.807) is 60.5 Å². The number of rotatable bonds is 8. The normalized spacial score (nSPS) is 15.9. The van der Waals surface area contributed by atoms with Crippen molar-refractivity contribution in [3.8, 4) is 0 Å². The van der Waals surface area contributed by atoms with E-state index in [0.29, 0.717) is 43.1 Å². The van der Waals surface area contributed by atoms with Crippen molar-refractivity contribution in [1.82, 2.24) is 10.2 Å². The summed E-state index contributed by atoms with van der Waals surface area (Å²) in [5, 5.41) is 5.76. The van der Waals surface area contributed by atoms with Gasteiger partial charge < -0.3 is 20.3 Å². The molecule has 0 bridgehead atoms. The molecule has 7 nitrogen and oxygen atoms in total. The van der Waals surface area contributed by atoms with Gasteiger partial charge in [0.2, 0.25) is 5.91 Å². The first kappa shape index (κ1) is 22.5. The van der Waals surface area contributed by atoms with Gasteiger partial charge in [-0.15, -0.1) is 0 Å². The van der Waals surface area contributed by atoms with Gasteiger partial charge in [-0.3, -0.25) is 14.4 Å². The van der Waals surface area contributed by atoms with Crippen molar-refractivity contribution in [2.75, 3.05) is 38.7 Å². The monoisotopic (exact) mass is 423 g/mol. The number of methoxy groups -OCH3 is 1. The molecule has 1 aliphatic rings. The van der Waals surface area contributed by atoms with Crippen LogP contribution in [0.1, 0.15) is 40.0 Å². The molecule has 1 aliphatic heterocycles. The van der Waals surface area contributed by atoms with Crippen LogP contribution in [0, 0.1) is 5.92 Å². The minimum absolute atomic E-state index is 0.0162. The summed E-state index contributed by atoms with van der Waals surface area (Å²) in [4.78, 5) is 39.6. The Balaban J connectivity index is 1.59. The summed E-state index contributed by atoms with van der Waals surface area (Å²) < 4.78 is 4.99. The van der Waals surface area contributed by atoms with E-state index in [1.807, 2.05) is 6.07 Å². The van der Waals surface area contributed by atoms with Crippen molar-refractivity contribution >= 4 is 23.4 Å². The zero-order valence-corrected chi connectivity index (χ0v) is 17.8. The second-order valence-electron chi connectivity index (χ2n) is 7.63. The summed E-state index contributed by atoms with van der Waals surface area (Å²) >= 11 is 0. The summed E-state index contributed by atoms with van der Waals surface area (Å²) in [5.41, 5.74) is 1.60. The molecule has 0 aliphatic carbocycles. The third-order valence-corrected chi connectivity index (χ3v) is 5.31. The van der Waals surface area contributed by atoms with Gasteiger partial charge in [0.05, 0.1) is 5.92 Å². The molecule has 3 amide bonds. The first-order chi connectivity index (χ1) is 15.1. The van der Waals surface area contributed by atoms with Gasteiger partial charge in [0.25, 0.3) is 11.8 Å². The number of benzene rings is 2. The smallest absolute Gasteiger partial charge is 0.255 e. The molecule has 1 saturated heterocycles. The van der Waals surface area contributed by atoms with Gasteiger partial charge in [0.1, 0.15) is 0 Å². The van der Waals surface area contributed by atoms with E-state index in [9.17, 15) is 14.4 Å². The van der Waals surface area contributed by atoms with Crippen LogP contribution >= 0.6 is 0 Å². The maximum atomic E-state index is 13.0. The number of anilines is 1. The SMILES string of the molecule is COCCCNC(=O)[C@H]1CCCN(C(=O)c2cccc(NC(=O)c3ccccc3)c2)C1. The van der Waals surface area contributed by atoms with E-state index in [0.717, 1.165) is 19.3 Å². The molecule has 0 aromatic heterocycles. The lowest BCUT2D eigenvalue weighted by atomic mass is 9.96. The standard InChI is InChI=1S/C24H29N3O4/c1-31-15-7-13-25-22(28)20-11-6-14-27(17-20)24(30)19-10-5-12-21(16-19)26-23(29)18-8-3-2-4-9-18/h2-5,8-10,12,16,20H,6-7,11,13-15,17H2,1H3,(H,25,28)(H,26,29)/t20-/m0/s1. The van der Waals surface area contributed by atoms with E-state index in [2.05, 4.69) is 10.6 Å². The molecular formula is C24H29N3O4. The number of nitrogens with zero attached hydrogens (tertiary/aromatic N) is 1. The molecule has 7 heteroatoms. The molecule has 31 heavy (non-hydrogen) atoms. The summed E-state index contributed by atoms with van der Waals surface area (Å²) in [7, 11) is 1.63. The van der Waals surface area contributed by atoms with Crippen molar-refractivity contribution < 1.29 is 19.1 Å². The van der Waals surface area contributed by atoms with E-state index < -0.39 is 0 Å². The van der Waals surface area contributed by atoms with E-state index >= 15 is 0 Å². The van der Waals surface area contributed by atoms with Gasteiger partial charge in [-0.25, -0.2) is 0 Å². The Bertz CT molecular complexity index is 901. The zero-order valence-electron chi connectivity index (χ0n) is 17.8. The number of carbonyl (C=O) groups is 3. The average Bonchev–Trinajstić information content (AvgIpc) is 2.82. The molecule has 0 unspecified atom stereocenters. The van der Waals surface area contributed by atoms with Crippen molar-refractivity contribution in [2.45, 2.75) is 19.3 Å². The molecule has 2 aromatic rings. The van der Waals surface area contributed by atoms with E-state index in [4.69, 9.17) is 4.74 Å². The van der Waals surface area contributed by atoms with Crippen molar-refractivity contribution in [3.05, 3.63) is 65.7 Å². The molecule has 2 aromatic carbocycles. The lowest BCUT2D eigenvalue weighted by molar-refractivity contribution is -0.126. The molecule has 1 fully saturated rings. The number of ether oxygens (including phenoxy) is 1. The molecule has 3 rings (SSSR count). The number of likely N-dealkylation sites (tertiary alicyclic amines) is 1. The van der Waals surface area contributed by atoms with Crippen LogP contribution in [0.3, 0.4) is 0 Å². The number of piperidine rings is 1. The summed E-state index contributed by atoms with van der Waals surface area (Å²) in [6.45, 7) is 2.19. The molecule has 2 N–H and O–H groups in total. The third kappa shape index (κ3) is 6.39.